The number of hydrogen-bond donors (Lipinski definition) is 1. The summed E-state index contributed by atoms with van der Waals surface area (Å²) in [5.41, 5.74) is 1.25. The van der Waals surface area contributed by atoms with Crippen LogP contribution in [0.25, 0.3) is 0 Å². The minimum atomic E-state index is 0.306. The zero-order valence-electron chi connectivity index (χ0n) is 13.7. The van der Waals surface area contributed by atoms with Gasteiger partial charge in [0.15, 0.2) is 0 Å². The monoisotopic (exact) mass is 353 g/mol. The minimum Gasteiger partial charge on any atom is -0.490 e. The molecular weight excluding hydrogens is 326 g/mol. The first-order chi connectivity index (χ1) is 9.99. The Morgan fingerprint density at radius 2 is 1.90 bits per heavy atom. The van der Waals surface area contributed by atoms with Gasteiger partial charge in [-0.05, 0) is 62.8 Å². The third kappa shape index (κ3) is 4.72. The van der Waals surface area contributed by atoms with E-state index in [1.165, 1.54) is 24.8 Å². The largest absolute Gasteiger partial charge is 0.490 e. The normalized spacial score (nSPS) is 27.4. The van der Waals surface area contributed by atoms with Crippen LogP contribution in [-0.4, -0.2) is 12.6 Å². The second-order valence-corrected chi connectivity index (χ2v) is 7.53. The maximum absolute atomic E-state index is 6.39. The van der Waals surface area contributed by atoms with Gasteiger partial charge >= 0.3 is 0 Å². The molecule has 3 heteroatoms. The summed E-state index contributed by atoms with van der Waals surface area (Å²) in [5.74, 6) is 2.57. The number of ether oxygens (including phenoxy) is 1. The molecular formula is C18H28BrNO. The van der Waals surface area contributed by atoms with Gasteiger partial charge in [-0.3, -0.25) is 0 Å². The van der Waals surface area contributed by atoms with E-state index in [9.17, 15) is 0 Å². The van der Waals surface area contributed by atoms with Crippen LogP contribution < -0.4 is 10.1 Å². The molecule has 1 fully saturated rings. The van der Waals surface area contributed by atoms with E-state index in [2.05, 4.69) is 67.1 Å². The Balaban J connectivity index is 2.15. The Labute approximate surface area is 137 Å². The summed E-state index contributed by atoms with van der Waals surface area (Å²) in [7, 11) is 0. The molecule has 2 rings (SSSR count). The molecule has 1 aliphatic rings. The predicted octanol–water partition coefficient (Wildman–Crippen LogP) is 5.32. The lowest BCUT2D eigenvalue weighted by Gasteiger charge is -2.32. The summed E-state index contributed by atoms with van der Waals surface area (Å²) < 4.78 is 7.50. The first-order valence-electron chi connectivity index (χ1n) is 8.19. The first-order valence-corrected chi connectivity index (χ1v) is 8.98. The molecule has 21 heavy (non-hydrogen) atoms. The number of rotatable bonds is 5. The van der Waals surface area contributed by atoms with Gasteiger partial charge in [-0.15, -0.1) is 0 Å². The van der Waals surface area contributed by atoms with Crippen molar-refractivity contribution in [3.05, 3.63) is 28.2 Å². The average molecular weight is 354 g/mol. The second-order valence-electron chi connectivity index (χ2n) is 6.62. The van der Waals surface area contributed by atoms with Crippen molar-refractivity contribution in [2.24, 2.45) is 11.8 Å². The van der Waals surface area contributed by atoms with E-state index in [4.69, 9.17) is 4.74 Å². The Hall–Kier alpha value is -0.540. The standard InChI is InChI=1S/C18H28BrNO/c1-5-20-14(4)17-11-15(19)6-7-18(17)21-16-9-12(2)8-13(3)10-16/h6-7,11-14,16,20H,5,8-10H2,1-4H3. The van der Waals surface area contributed by atoms with Gasteiger partial charge in [0.25, 0.3) is 0 Å². The van der Waals surface area contributed by atoms with Crippen LogP contribution in [0.15, 0.2) is 22.7 Å². The fraction of sp³-hybridized carbons (Fsp3) is 0.667. The smallest absolute Gasteiger partial charge is 0.124 e. The van der Waals surface area contributed by atoms with Crippen LogP contribution in [0.3, 0.4) is 0 Å². The van der Waals surface area contributed by atoms with E-state index in [0.29, 0.717) is 12.1 Å². The number of benzene rings is 1. The van der Waals surface area contributed by atoms with Crippen LogP contribution in [0, 0.1) is 11.8 Å². The van der Waals surface area contributed by atoms with Gasteiger partial charge in [-0.2, -0.15) is 0 Å². The fourth-order valence-electron chi connectivity index (χ4n) is 3.53. The van der Waals surface area contributed by atoms with Crippen LogP contribution in [0.5, 0.6) is 5.75 Å². The van der Waals surface area contributed by atoms with Gasteiger partial charge in [-0.1, -0.05) is 36.7 Å². The first kappa shape index (κ1) is 16.8. The molecule has 0 amide bonds. The van der Waals surface area contributed by atoms with Crippen molar-refractivity contribution in [3.63, 3.8) is 0 Å². The summed E-state index contributed by atoms with van der Waals surface area (Å²) in [5, 5.41) is 3.48. The molecule has 0 bridgehead atoms. The van der Waals surface area contributed by atoms with Crippen LogP contribution in [0.4, 0.5) is 0 Å². The molecule has 0 radical (unpaired) electrons. The Bertz CT molecular complexity index is 453. The van der Waals surface area contributed by atoms with Crippen molar-refractivity contribution in [1.29, 1.82) is 0 Å². The lowest BCUT2D eigenvalue weighted by atomic mass is 9.82. The molecule has 3 atom stereocenters. The summed E-state index contributed by atoms with van der Waals surface area (Å²) in [6.45, 7) is 9.99. The van der Waals surface area contributed by atoms with Gasteiger partial charge in [0, 0.05) is 16.1 Å². The van der Waals surface area contributed by atoms with E-state index in [1.54, 1.807) is 0 Å². The van der Waals surface area contributed by atoms with Gasteiger partial charge in [0.1, 0.15) is 5.75 Å². The zero-order valence-corrected chi connectivity index (χ0v) is 15.2. The molecule has 0 aromatic heterocycles. The van der Waals surface area contributed by atoms with E-state index < -0.39 is 0 Å². The maximum atomic E-state index is 6.39. The van der Waals surface area contributed by atoms with Crippen LogP contribution >= 0.6 is 15.9 Å². The van der Waals surface area contributed by atoms with Crippen molar-refractivity contribution in [2.75, 3.05) is 6.54 Å². The van der Waals surface area contributed by atoms with Gasteiger partial charge in [0.05, 0.1) is 6.10 Å². The lowest BCUT2D eigenvalue weighted by Crippen LogP contribution is -2.29. The molecule has 3 unspecified atom stereocenters. The SMILES string of the molecule is CCNC(C)c1cc(Br)ccc1OC1CC(C)CC(C)C1. The van der Waals surface area contributed by atoms with E-state index in [0.717, 1.165) is 28.6 Å². The molecule has 1 aromatic rings. The average Bonchev–Trinajstić information content (AvgIpc) is 2.40. The van der Waals surface area contributed by atoms with Crippen molar-refractivity contribution >= 4 is 15.9 Å². The van der Waals surface area contributed by atoms with E-state index in [1.807, 2.05) is 0 Å². The van der Waals surface area contributed by atoms with Crippen molar-refractivity contribution < 1.29 is 4.74 Å². The third-order valence-electron chi connectivity index (χ3n) is 4.38. The van der Waals surface area contributed by atoms with Crippen LogP contribution in [0.2, 0.25) is 0 Å². The Morgan fingerprint density at radius 1 is 1.24 bits per heavy atom. The van der Waals surface area contributed by atoms with Crippen molar-refractivity contribution in [3.8, 4) is 5.75 Å². The fourth-order valence-corrected chi connectivity index (χ4v) is 3.91. The highest BCUT2D eigenvalue weighted by atomic mass is 79.9. The van der Waals surface area contributed by atoms with Crippen LogP contribution in [-0.2, 0) is 0 Å². The van der Waals surface area contributed by atoms with Crippen molar-refractivity contribution in [1.82, 2.24) is 5.32 Å². The number of halogens is 1. The molecule has 0 aliphatic heterocycles. The van der Waals surface area contributed by atoms with E-state index in [-0.39, 0.29) is 0 Å². The lowest BCUT2D eigenvalue weighted by molar-refractivity contribution is 0.0995. The zero-order chi connectivity index (χ0) is 15.4. The molecule has 1 aromatic carbocycles. The highest BCUT2D eigenvalue weighted by molar-refractivity contribution is 9.10. The minimum absolute atomic E-state index is 0.306. The summed E-state index contributed by atoms with van der Waals surface area (Å²) >= 11 is 3.58. The highest BCUT2D eigenvalue weighted by Gasteiger charge is 2.26. The molecule has 0 heterocycles. The quantitative estimate of drug-likeness (QED) is 0.772. The molecule has 0 spiro atoms. The molecule has 1 aliphatic carbocycles. The number of hydrogen-bond acceptors (Lipinski definition) is 2. The topological polar surface area (TPSA) is 21.3 Å². The molecule has 118 valence electrons. The Kier molecular flexibility index (Phi) is 6.12. The van der Waals surface area contributed by atoms with Gasteiger partial charge < -0.3 is 10.1 Å². The highest BCUT2D eigenvalue weighted by Crippen LogP contribution is 2.34. The van der Waals surface area contributed by atoms with Gasteiger partial charge in [-0.25, -0.2) is 0 Å². The summed E-state index contributed by atoms with van der Waals surface area (Å²) in [6, 6.07) is 6.67. The Morgan fingerprint density at radius 3 is 2.52 bits per heavy atom. The molecule has 1 N–H and O–H groups in total. The molecule has 1 saturated carbocycles. The second kappa shape index (κ2) is 7.64. The third-order valence-corrected chi connectivity index (χ3v) is 4.87. The molecule has 2 nitrogen and oxygen atoms in total. The maximum Gasteiger partial charge on any atom is 0.124 e. The van der Waals surface area contributed by atoms with Gasteiger partial charge in [0.2, 0.25) is 0 Å². The van der Waals surface area contributed by atoms with Crippen LogP contribution in [0.1, 0.15) is 58.6 Å². The van der Waals surface area contributed by atoms with Crippen molar-refractivity contribution in [2.45, 2.75) is 59.1 Å². The summed E-state index contributed by atoms with van der Waals surface area (Å²) in [4.78, 5) is 0. The van der Waals surface area contributed by atoms with E-state index >= 15 is 0 Å². The summed E-state index contributed by atoms with van der Waals surface area (Å²) in [6.07, 6.45) is 4.05. The molecule has 0 saturated heterocycles. The number of nitrogens with one attached hydrogen (secondary N) is 1. The predicted molar refractivity (Wildman–Crippen MR) is 92.8 cm³/mol.